The predicted octanol–water partition coefficient (Wildman–Crippen LogP) is 5.47. The van der Waals surface area contributed by atoms with E-state index in [4.69, 9.17) is 11.6 Å². The van der Waals surface area contributed by atoms with Gasteiger partial charge in [-0.3, -0.25) is 0 Å². The molecule has 0 unspecified atom stereocenters. The third-order valence-electron chi connectivity index (χ3n) is 4.22. The monoisotopic (exact) mass is 395 g/mol. The third kappa shape index (κ3) is 3.75. The summed E-state index contributed by atoms with van der Waals surface area (Å²) in [5.41, 5.74) is 2.95. The number of hydrogen-bond donors (Lipinski definition) is 3. The molecule has 4 rings (SSSR count). The van der Waals surface area contributed by atoms with Gasteiger partial charge in [0.25, 0.3) is 0 Å². The zero-order valence-electron chi connectivity index (χ0n) is 15.0. The van der Waals surface area contributed by atoms with E-state index < -0.39 is 0 Å². The van der Waals surface area contributed by atoms with Crippen molar-refractivity contribution < 1.29 is 0 Å². The Bertz CT molecular complexity index is 1090. The van der Waals surface area contributed by atoms with Gasteiger partial charge in [0, 0.05) is 17.3 Å². The molecule has 2 heterocycles. The van der Waals surface area contributed by atoms with Gasteiger partial charge in [0.15, 0.2) is 5.82 Å². The van der Waals surface area contributed by atoms with Crippen molar-refractivity contribution in [1.82, 2.24) is 15.0 Å². The lowest BCUT2D eigenvalue weighted by molar-refractivity contribution is 1.17. The minimum atomic E-state index is -0.253. The van der Waals surface area contributed by atoms with Crippen LogP contribution in [0, 0.1) is 0 Å². The van der Waals surface area contributed by atoms with Gasteiger partial charge in [-0.15, -0.1) is 0 Å². The summed E-state index contributed by atoms with van der Waals surface area (Å²) in [4.78, 5) is 12.1. The summed E-state index contributed by atoms with van der Waals surface area (Å²) < 4.78 is 0. The van der Waals surface area contributed by atoms with Crippen molar-refractivity contribution in [3.05, 3.63) is 65.9 Å². The normalized spacial score (nSPS) is 11.1. The molecule has 0 fully saturated rings. The Hall–Kier alpha value is -2.62. The van der Waals surface area contributed by atoms with Crippen LogP contribution in [-0.2, 0) is 0 Å². The molecule has 0 saturated heterocycles. The van der Waals surface area contributed by atoms with Gasteiger partial charge in [-0.05, 0) is 36.8 Å². The predicted molar refractivity (Wildman–Crippen MR) is 117 cm³/mol. The molecular weight excluding hydrogens is 377 g/mol. The first-order chi connectivity index (χ1) is 13.1. The average molecular weight is 396 g/mol. The molecule has 2 aromatic carbocycles. The maximum atomic E-state index is 6.34. The number of rotatable bonds is 5. The highest BCUT2D eigenvalue weighted by Crippen LogP contribution is 2.31. The van der Waals surface area contributed by atoms with Gasteiger partial charge in [-0.1, -0.05) is 49.9 Å². The Kier molecular flexibility index (Phi) is 4.97. The number of para-hydroxylation sites is 2. The second kappa shape index (κ2) is 7.55. The maximum Gasteiger partial charge on any atom is 0.229 e. The molecule has 0 amide bonds. The molecular formula is C20H19ClN5P. The van der Waals surface area contributed by atoms with Crippen molar-refractivity contribution in [1.29, 1.82) is 0 Å². The first-order valence-electron chi connectivity index (χ1n) is 8.51. The number of H-pyrrole nitrogens is 1. The molecule has 0 aliphatic rings. The van der Waals surface area contributed by atoms with Crippen LogP contribution in [0.1, 0.15) is 0 Å². The van der Waals surface area contributed by atoms with Crippen LogP contribution in [0.5, 0.6) is 0 Å². The van der Waals surface area contributed by atoms with E-state index in [1.54, 1.807) is 6.20 Å². The second-order valence-corrected chi connectivity index (χ2v) is 8.98. The van der Waals surface area contributed by atoms with Crippen LogP contribution in [0.25, 0.3) is 10.9 Å². The number of benzene rings is 2. The second-order valence-electron chi connectivity index (χ2n) is 6.30. The molecule has 0 radical (unpaired) electrons. The summed E-state index contributed by atoms with van der Waals surface area (Å²) in [5.74, 6) is 1.06. The van der Waals surface area contributed by atoms with E-state index in [1.807, 2.05) is 36.5 Å². The number of hydrogen-bond acceptors (Lipinski definition) is 4. The molecule has 0 aliphatic carbocycles. The van der Waals surface area contributed by atoms with E-state index in [0.717, 1.165) is 22.3 Å². The molecule has 5 nitrogen and oxygen atoms in total. The lowest BCUT2D eigenvalue weighted by Crippen LogP contribution is -2.09. The fourth-order valence-corrected chi connectivity index (χ4v) is 4.06. The van der Waals surface area contributed by atoms with Crippen LogP contribution in [0.4, 0.5) is 23.1 Å². The van der Waals surface area contributed by atoms with E-state index in [-0.39, 0.29) is 7.92 Å². The van der Waals surface area contributed by atoms with Gasteiger partial charge in [0.05, 0.1) is 17.4 Å². The Balaban J connectivity index is 1.65. The van der Waals surface area contributed by atoms with Gasteiger partial charge in [-0.25, -0.2) is 4.98 Å². The number of aromatic amines is 1. The van der Waals surface area contributed by atoms with Crippen molar-refractivity contribution in [3.8, 4) is 0 Å². The number of fused-ring (bicyclic) bond motifs is 1. The summed E-state index contributed by atoms with van der Waals surface area (Å²) in [6.45, 7) is 4.45. The minimum Gasteiger partial charge on any atom is -0.359 e. The zero-order valence-corrected chi connectivity index (χ0v) is 16.6. The van der Waals surface area contributed by atoms with E-state index in [0.29, 0.717) is 16.8 Å². The van der Waals surface area contributed by atoms with Crippen LogP contribution in [0.15, 0.2) is 60.9 Å². The molecule has 2 aromatic heterocycles. The molecule has 27 heavy (non-hydrogen) atoms. The van der Waals surface area contributed by atoms with Gasteiger partial charge in [-0.2, -0.15) is 4.98 Å². The highest BCUT2D eigenvalue weighted by molar-refractivity contribution is 7.64. The summed E-state index contributed by atoms with van der Waals surface area (Å²) in [7, 11) is -0.253. The molecule has 4 aromatic rings. The first kappa shape index (κ1) is 17.8. The third-order valence-corrected chi connectivity index (χ3v) is 5.85. The maximum absolute atomic E-state index is 6.34. The number of halogens is 1. The lowest BCUT2D eigenvalue weighted by atomic mass is 10.2. The summed E-state index contributed by atoms with van der Waals surface area (Å²) in [6, 6.07) is 16.3. The zero-order chi connectivity index (χ0) is 18.8. The largest absolute Gasteiger partial charge is 0.359 e. The molecule has 0 saturated carbocycles. The van der Waals surface area contributed by atoms with Crippen molar-refractivity contribution in [2.45, 2.75) is 0 Å². The molecule has 0 aliphatic heterocycles. The van der Waals surface area contributed by atoms with Crippen LogP contribution in [0.2, 0.25) is 5.02 Å². The molecule has 136 valence electrons. The molecule has 3 N–H and O–H groups in total. The highest BCUT2D eigenvalue weighted by Gasteiger charge is 2.11. The number of anilines is 4. The van der Waals surface area contributed by atoms with Gasteiger partial charge < -0.3 is 15.6 Å². The molecule has 0 atom stereocenters. The highest BCUT2D eigenvalue weighted by atomic mass is 35.5. The summed E-state index contributed by atoms with van der Waals surface area (Å²) >= 11 is 6.34. The lowest BCUT2D eigenvalue weighted by Gasteiger charge is -2.15. The van der Waals surface area contributed by atoms with Crippen molar-refractivity contribution >= 4 is 58.9 Å². The van der Waals surface area contributed by atoms with Crippen molar-refractivity contribution in [2.24, 2.45) is 0 Å². The van der Waals surface area contributed by atoms with Crippen LogP contribution in [0.3, 0.4) is 0 Å². The standard InChI is InChI=1S/C20H19ClN5P/c1-27(2)17-9-4-3-7-15(17)24-19-14(21)12-23-20(26-19)25-16-8-5-6-13-10-11-22-18(13)16/h3-12,22H,1-2H3,(H2,23,24,25,26). The minimum absolute atomic E-state index is 0.253. The van der Waals surface area contributed by atoms with Crippen molar-refractivity contribution in [2.75, 3.05) is 24.0 Å². The molecule has 7 heteroatoms. The quantitative estimate of drug-likeness (QED) is 0.392. The molecule has 0 bridgehead atoms. The van der Waals surface area contributed by atoms with E-state index in [9.17, 15) is 0 Å². The van der Waals surface area contributed by atoms with Gasteiger partial charge in [0.2, 0.25) is 5.95 Å². The van der Waals surface area contributed by atoms with Crippen LogP contribution < -0.4 is 15.9 Å². The Morgan fingerprint density at radius 1 is 0.963 bits per heavy atom. The summed E-state index contributed by atoms with van der Waals surface area (Å²) in [6.07, 6.45) is 3.52. The molecule has 0 spiro atoms. The van der Waals surface area contributed by atoms with Crippen LogP contribution in [-0.4, -0.2) is 28.3 Å². The smallest absolute Gasteiger partial charge is 0.229 e. The Labute approximate surface area is 164 Å². The fraction of sp³-hybridized carbons (Fsp3) is 0.100. The van der Waals surface area contributed by atoms with Crippen LogP contribution >= 0.6 is 19.5 Å². The van der Waals surface area contributed by atoms with E-state index >= 15 is 0 Å². The van der Waals surface area contributed by atoms with E-state index in [2.05, 4.69) is 57.1 Å². The van der Waals surface area contributed by atoms with E-state index in [1.165, 1.54) is 5.30 Å². The Morgan fingerprint density at radius 2 is 1.78 bits per heavy atom. The van der Waals surface area contributed by atoms with Crippen molar-refractivity contribution in [3.63, 3.8) is 0 Å². The number of nitrogens with zero attached hydrogens (tertiary/aromatic N) is 2. The topological polar surface area (TPSA) is 65.6 Å². The average Bonchev–Trinajstić information content (AvgIpc) is 3.14. The van der Waals surface area contributed by atoms with Gasteiger partial charge >= 0.3 is 0 Å². The fourth-order valence-electron chi connectivity index (χ4n) is 2.92. The summed E-state index contributed by atoms with van der Waals surface area (Å²) in [5, 5.41) is 9.51. The first-order valence-corrected chi connectivity index (χ1v) is 11.1. The van der Waals surface area contributed by atoms with Gasteiger partial charge in [0.1, 0.15) is 5.02 Å². The SMILES string of the molecule is CP(C)c1ccccc1Nc1nc(Nc2cccc3cc[nH]c23)ncc1Cl. The number of nitrogens with one attached hydrogen (secondary N) is 3. The number of aromatic nitrogens is 3. The Morgan fingerprint density at radius 3 is 2.63 bits per heavy atom.